The van der Waals surface area contributed by atoms with Crippen LogP contribution in [0.3, 0.4) is 0 Å². The van der Waals surface area contributed by atoms with Crippen molar-refractivity contribution in [1.29, 1.82) is 0 Å². The molecule has 1 aromatic carbocycles. The molecular formula is C13H12Cl2N2O3. The molecule has 0 N–H and O–H groups in total. The van der Waals surface area contributed by atoms with Gasteiger partial charge in [0.25, 0.3) is 0 Å². The number of ether oxygens (including phenoxy) is 2. The lowest BCUT2D eigenvalue weighted by Gasteiger charge is -2.08. The summed E-state index contributed by atoms with van der Waals surface area (Å²) in [4.78, 5) is 11.7. The number of nitrogens with zero attached hydrogens (tertiary/aromatic N) is 2. The van der Waals surface area contributed by atoms with Gasteiger partial charge in [0.1, 0.15) is 5.75 Å². The number of rotatable bonds is 4. The first kappa shape index (κ1) is 14.7. The van der Waals surface area contributed by atoms with Gasteiger partial charge in [-0.2, -0.15) is 5.10 Å². The van der Waals surface area contributed by atoms with Crippen molar-refractivity contribution in [3.63, 3.8) is 0 Å². The highest BCUT2D eigenvalue weighted by molar-refractivity contribution is 6.35. The fraction of sp³-hybridized carbons (Fsp3) is 0.231. The average Bonchev–Trinajstić information content (AvgIpc) is 2.66. The second-order valence-electron chi connectivity index (χ2n) is 4.09. The summed E-state index contributed by atoms with van der Waals surface area (Å²) in [6.07, 6.45) is 0. The van der Waals surface area contributed by atoms with Gasteiger partial charge >= 0.3 is 5.97 Å². The third-order valence-electron chi connectivity index (χ3n) is 2.42. The fourth-order valence-corrected chi connectivity index (χ4v) is 2.02. The van der Waals surface area contributed by atoms with Crippen molar-refractivity contribution in [2.45, 2.75) is 6.92 Å². The van der Waals surface area contributed by atoms with Crippen LogP contribution in [-0.2, 0) is 11.8 Å². The summed E-state index contributed by atoms with van der Waals surface area (Å²) in [5.74, 6) is 0.187. The van der Waals surface area contributed by atoms with Crippen molar-refractivity contribution in [2.24, 2.45) is 7.05 Å². The van der Waals surface area contributed by atoms with Crippen molar-refractivity contribution in [2.75, 3.05) is 6.61 Å². The van der Waals surface area contributed by atoms with E-state index in [2.05, 4.69) is 5.10 Å². The highest BCUT2D eigenvalue weighted by Crippen LogP contribution is 2.27. The van der Waals surface area contributed by atoms with Gasteiger partial charge in [0.2, 0.25) is 5.88 Å². The molecule has 0 fully saturated rings. The summed E-state index contributed by atoms with van der Waals surface area (Å²) in [6, 6.07) is 6.41. The van der Waals surface area contributed by atoms with Crippen molar-refractivity contribution in [3.05, 3.63) is 40.0 Å². The molecule has 5 nitrogen and oxygen atoms in total. The number of esters is 1. The molecule has 1 aromatic heterocycles. The summed E-state index contributed by atoms with van der Waals surface area (Å²) in [7, 11) is 1.69. The maximum atomic E-state index is 11.7. The quantitative estimate of drug-likeness (QED) is 0.814. The van der Waals surface area contributed by atoms with E-state index in [4.69, 9.17) is 32.7 Å². The van der Waals surface area contributed by atoms with E-state index in [1.807, 2.05) is 0 Å². The second-order valence-corrected chi connectivity index (χ2v) is 4.93. The summed E-state index contributed by atoms with van der Waals surface area (Å²) in [5, 5.41) is 4.90. The van der Waals surface area contributed by atoms with Crippen LogP contribution >= 0.6 is 23.2 Å². The third kappa shape index (κ3) is 3.65. The molecule has 0 saturated carbocycles. The summed E-state index contributed by atoms with van der Waals surface area (Å²) in [5.41, 5.74) is 0.761. The number of halogens is 2. The predicted molar refractivity (Wildman–Crippen MR) is 75.5 cm³/mol. The molecule has 2 rings (SSSR count). The van der Waals surface area contributed by atoms with Gasteiger partial charge < -0.3 is 9.47 Å². The maximum Gasteiger partial charge on any atom is 0.350 e. The number of aromatic nitrogens is 2. The van der Waals surface area contributed by atoms with E-state index >= 15 is 0 Å². The van der Waals surface area contributed by atoms with Crippen LogP contribution in [0.2, 0.25) is 10.0 Å². The van der Waals surface area contributed by atoms with E-state index in [1.54, 1.807) is 32.2 Å². The number of aryl methyl sites for hydroxylation is 2. The monoisotopic (exact) mass is 314 g/mol. The molecule has 0 atom stereocenters. The van der Waals surface area contributed by atoms with Gasteiger partial charge in [0.15, 0.2) is 6.61 Å². The first-order chi connectivity index (χ1) is 9.45. The van der Waals surface area contributed by atoms with Gasteiger partial charge in [0, 0.05) is 18.1 Å². The average molecular weight is 315 g/mol. The molecule has 0 aliphatic heterocycles. The Morgan fingerprint density at radius 1 is 1.35 bits per heavy atom. The molecule has 0 spiro atoms. The number of benzene rings is 1. The first-order valence-electron chi connectivity index (χ1n) is 5.75. The van der Waals surface area contributed by atoms with Crippen LogP contribution in [0.1, 0.15) is 5.69 Å². The van der Waals surface area contributed by atoms with Crippen LogP contribution < -0.4 is 9.47 Å². The summed E-state index contributed by atoms with van der Waals surface area (Å²) < 4.78 is 11.9. The molecule has 0 radical (unpaired) electrons. The highest BCUT2D eigenvalue weighted by atomic mass is 35.5. The molecule has 0 unspecified atom stereocenters. The van der Waals surface area contributed by atoms with Gasteiger partial charge in [-0.25, -0.2) is 9.48 Å². The Balaban J connectivity index is 1.94. The minimum Gasteiger partial charge on any atom is -0.480 e. The van der Waals surface area contributed by atoms with E-state index in [1.165, 1.54) is 10.7 Å². The maximum absolute atomic E-state index is 11.7. The van der Waals surface area contributed by atoms with Crippen molar-refractivity contribution in [3.8, 4) is 11.6 Å². The zero-order valence-corrected chi connectivity index (χ0v) is 12.4. The summed E-state index contributed by atoms with van der Waals surface area (Å²) >= 11 is 11.7. The first-order valence-corrected chi connectivity index (χ1v) is 6.50. The minimum absolute atomic E-state index is 0.258. The standard InChI is InChI=1S/C13H12Cl2N2O3/c1-8-5-12(17(2)16-8)20-13(18)7-19-11-4-3-9(14)6-10(11)15/h3-6H,7H2,1-2H3. The second kappa shape index (κ2) is 6.15. The van der Waals surface area contributed by atoms with Gasteiger partial charge in [0.05, 0.1) is 10.7 Å². The number of carbonyl (C=O) groups excluding carboxylic acids is 1. The Morgan fingerprint density at radius 2 is 2.10 bits per heavy atom. The van der Waals surface area contributed by atoms with Gasteiger partial charge in [-0.3, -0.25) is 0 Å². The van der Waals surface area contributed by atoms with E-state index in [-0.39, 0.29) is 6.61 Å². The molecule has 7 heteroatoms. The van der Waals surface area contributed by atoms with E-state index in [0.29, 0.717) is 21.7 Å². The zero-order valence-electron chi connectivity index (χ0n) is 10.9. The van der Waals surface area contributed by atoms with Crippen molar-refractivity contribution in [1.82, 2.24) is 9.78 Å². The van der Waals surface area contributed by atoms with Gasteiger partial charge in [-0.15, -0.1) is 0 Å². The van der Waals surface area contributed by atoms with Crippen LogP contribution in [0.15, 0.2) is 24.3 Å². The largest absolute Gasteiger partial charge is 0.480 e. The normalized spacial score (nSPS) is 10.4. The van der Waals surface area contributed by atoms with Gasteiger partial charge in [-0.1, -0.05) is 23.2 Å². The Hall–Kier alpha value is -1.72. The van der Waals surface area contributed by atoms with Crippen LogP contribution in [0.5, 0.6) is 11.6 Å². The van der Waals surface area contributed by atoms with E-state index in [9.17, 15) is 4.79 Å². The molecule has 2 aromatic rings. The molecule has 0 aliphatic rings. The number of carbonyl (C=O) groups is 1. The lowest BCUT2D eigenvalue weighted by atomic mass is 10.3. The van der Waals surface area contributed by atoms with Crippen LogP contribution in [0, 0.1) is 6.92 Å². The molecule has 106 valence electrons. The fourth-order valence-electron chi connectivity index (χ4n) is 1.56. The van der Waals surface area contributed by atoms with E-state index < -0.39 is 5.97 Å². The topological polar surface area (TPSA) is 53.4 Å². The van der Waals surface area contributed by atoms with Crippen molar-refractivity contribution < 1.29 is 14.3 Å². The third-order valence-corrected chi connectivity index (χ3v) is 2.95. The summed E-state index contributed by atoms with van der Waals surface area (Å²) in [6.45, 7) is 1.55. The Morgan fingerprint density at radius 3 is 2.70 bits per heavy atom. The van der Waals surface area contributed by atoms with Crippen LogP contribution in [0.4, 0.5) is 0 Å². The Labute approximate surface area is 126 Å². The number of hydrogen-bond donors (Lipinski definition) is 0. The minimum atomic E-state index is -0.543. The smallest absolute Gasteiger partial charge is 0.350 e. The molecule has 1 heterocycles. The van der Waals surface area contributed by atoms with Crippen LogP contribution in [0.25, 0.3) is 0 Å². The van der Waals surface area contributed by atoms with Gasteiger partial charge in [-0.05, 0) is 25.1 Å². The Bertz CT molecular complexity index is 641. The lowest BCUT2D eigenvalue weighted by Crippen LogP contribution is -2.19. The van der Waals surface area contributed by atoms with Crippen LogP contribution in [-0.4, -0.2) is 22.4 Å². The molecule has 0 aliphatic carbocycles. The van der Waals surface area contributed by atoms with Crippen molar-refractivity contribution >= 4 is 29.2 Å². The van der Waals surface area contributed by atoms with E-state index in [0.717, 1.165) is 5.69 Å². The lowest BCUT2D eigenvalue weighted by molar-refractivity contribution is -0.137. The highest BCUT2D eigenvalue weighted by Gasteiger charge is 2.11. The molecule has 0 amide bonds. The molecule has 0 bridgehead atoms. The predicted octanol–water partition coefficient (Wildman–Crippen LogP) is 3.02. The Kier molecular flexibility index (Phi) is 4.52. The molecule has 0 saturated heterocycles. The molecular weight excluding hydrogens is 303 g/mol. The zero-order chi connectivity index (χ0) is 14.7. The number of hydrogen-bond acceptors (Lipinski definition) is 4. The SMILES string of the molecule is Cc1cc(OC(=O)COc2ccc(Cl)cc2Cl)n(C)n1. The molecule has 20 heavy (non-hydrogen) atoms.